The molecule has 1 unspecified atom stereocenters. The van der Waals surface area contributed by atoms with Gasteiger partial charge >= 0.3 is 6.03 Å². The van der Waals surface area contributed by atoms with E-state index in [1.807, 2.05) is 66.3 Å². The van der Waals surface area contributed by atoms with E-state index in [0.29, 0.717) is 13.1 Å². The highest BCUT2D eigenvalue weighted by molar-refractivity contribution is 9.10. The standard InChI is InChI=1S/C20H21BrN4O/c1-15(16-8-4-9-19(21)12-16)24-20(26)22-13-17-6-2-3-7-18(17)14-25-11-5-10-23-25/h2-12,15H,13-14H2,1H3,(H2,22,24,26). The Bertz CT molecular complexity index is 864. The Morgan fingerprint density at radius 3 is 2.69 bits per heavy atom. The summed E-state index contributed by atoms with van der Waals surface area (Å²) >= 11 is 3.45. The van der Waals surface area contributed by atoms with Gasteiger partial charge in [-0.25, -0.2) is 4.79 Å². The highest BCUT2D eigenvalue weighted by atomic mass is 79.9. The average Bonchev–Trinajstić information content (AvgIpc) is 3.14. The molecule has 3 aromatic rings. The van der Waals surface area contributed by atoms with Gasteiger partial charge in [-0.05, 0) is 41.8 Å². The highest BCUT2D eigenvalue weighted by Gasteiger charge is 2.10. The van der Waals surface area contributed by atoms with Gasteiger partial charge in [-0.3, -0.25) is 4.68 Å². The summed E-state index contributed by atoms with van der Waals surface area (Å²) in [5.74, 6) is 0. The third kappa shape index (κ3) is 4.95. The SMILES string of the molecule is CC(NC(=O)NCc1ccccc1Cn1cccn1)c1cccc(Br)c1. The summed E-state index contributed by atoms with van der Waals surface area (Å²) in [6, 6.07) is 17.6. The minimum absolute atomic E-state index is 0.0770. The fourth-order valence-electron chi connectivity index (χ4n) is 2.74. The number of carbonyl (C=O) groups excluding carboxylic acids is 1. The Morgan fingerprint density at radius 2 is 1.96 bits per heavy atom. The summed E-state index contributed by atoms with van der Waals surface area (Å²) in [6.07, 6.45) is 3.69. The molecular formula is C20H21BrN4O. The van der Waals surface area contributed by atoms with Crippen molar-refractivity contribution in [3.8, 4) is 0 Å². The Balaban J connectivity index is 1.58. The predicted molar refractivity (Wildman–Crippen MR) is 106 cm³/mol. The average molecular weight is 413 g/mol. The monoisotopic (exact) mass is 412 g/mol. The van der Waals surface area contributed by atoms with Crippen LogP contribution in [-0.4, -0.2) is 15.8 Å². The summed E-state index contributed by atoms with van der Waals surface area (Å²) in [5.41, 5.74) is 3.26. The van der Waals surface area contributed by atoms with Crippen molar-refractivity contribution in [2.75, 3.05) is 0 Å². The zero-order chi connectivity index (χ0) is 18.4. The third-order valence-electron chi connectivity index (χ3n) is 4.15. The number of nitrogens with one attached hydrogen (secondary N) is 2. The van der Waals surface area contributed by atoms with E-state index in [2.05, 4.69) is 37.7 Å². The Hall–Kier alpha value is -2.60. The van der Waals surface area contributed by atoms with Gasteiger partial charge in [-0.1, -0.05) is 52.3 Å². The number of benzene rings is 2. The first-order valence-corrected chi connectivity index (χ1v) is 9.25. The van der Waals surface area contributed by atoms with Crippen LogP contribution in [0.15, 0.2) is 71.5 Å². The van der Waals surface area contributed by atoms with E-state index in [9.17, 15) is 4.79 Å². The maximum Gasteiger partial charge on any atom is 0.315 e. The van der Waals surface area contributed by atoms with Crippen molar-refractivity contribution in [3.05, 3.63) is 88.2 Å². The molecule has 0 aliphatic heterocycles. The largest absolute Gasteiger partial charge is 0.334 e. The lowest BCUT2D eigenvalue weighted by molar-refractivity contribution is 0.237. The van der Waals surface area contributed by atoms with Gasteiger partial charge in [-0.2, -0.15) is 5.10 Å². The molecule has 2 amide bonds. The van der Waals surface area contributed by atoms with Gasteiger partial charge in [0.1, 0.15) is 0 Å². The second-order valence-corrected chi connectivity index (χ2v) is 6.99. The topological polar surface area (TPSA) is 59.0 Å². The maximum atomic E-state index is 12.3. The van der Waals surface area contributed by atoms with E-state index < -0.39 is 0 Å². The van der Waals surface area contributed by atoms with Gasteiger partial charge in [0.2, 0.25) is 0 Å². The molecule has 0 saturated heterocycles. The van der Waals surface area contributed by atoms with Crippen molar-refractivity contribution in [1.29, 1.82) is 0 Å². The van der Waals surface area contributed by atoms with Crippen LogP contribution in [0, 0.1) is 0 Å². The number of hydrogen-bond acceptors (Lipinski definition) is 2. The second kappa shape index (κ2) is 8.67. The first kappa shape index (κ1) is 18.2. The summed E-state index contributed by atoms with van der Waals surface area (Å²) in [4.78, 5) is 12.3. The zero-order valence-corrected chi connectivity index (χ0v) is 16.1. The van der Waals surface area contributed by atoms with Crippen molar-refractivity contribution in [3.63, 3.8) is 0 Å². The molecule has 0 bridgehead atoms. The van der Waals surface area contributed by atoms with Crippen LogP contribution in [0.25, 0.3) is 0 Å². The molecule has 1 heterocycles. The Labute approximate surface area is 161 Å². The molecule has 134 valence electrons. The van der Waals surface area contributed by atoms with Gasteiger partial charge in [0, 0.05) is 23.4 Å². The van der Waals surface area contributed by atoms with E-state index >= 15 is 0 Å². The van der Waals surface area contributed by atoms with Gasteiger partial charge in [0.15, 0.2) is 0 Å². The summed E-state index contributed by atoms with van der Waals surface area (Å²) in [7, 11) is 0. The molecule has 2 aromatic carbocycles. The molecule has 0 spiro atoms. The predicted octanol–water partition coefficient (Wildman–Crippen LogP) is 4.25. The number of carbonyl (C=O) groups is 1. The number of aromatic nitrogens is 2. The second-order valence-electron chi connectivity index (χ2n) is 6.08. The molecular weight excluding hydrogens is 392 g/mol. The van der Waals surface area contributed by atoms with Crippen molar-refractivity contribution >= 4 is 22.0 Å². The molecule has 0 saturated carbocycles. The fourth-order valence-corrected chi connectivity index (χ4v) is 3.15. The summed E-state index contributed by atoms with van der Waals surface area (Å²) < 4.78 is 2.87. The van der Waals surface area contributed by atoms with Gasteiger partial charge in [-0.15, -0.1) is 0 Å². The van der Waals surface area contributed by atoms with Crippen LogP contribution < -0.4 is 10.6 Å². The van der Waals surface area contributed by atoms with Gasteiger partial charge < -0.3 is 10.6 Å². The van der Waals surface area contributed by atoms with Crippen molar-refractivity contribution in [2.45, 2.75) is 26.1 Å². The third-order valence-corrected chi connectivity index (χ3v) is 4.64. The first-order valence-electron chi connectivity index (χ1n) is 8.46. The van der Waals surface area contributed by atoms with Crippen molar-refractivity contribution in [2.24, 2.45) is 0 Å². The molecule has 0 aliphatic rings. The van der Waals surface area contributed by atoms with Crippen LogP contribution in [-0.2, 0) is 13.1 Å². The molecule has 0 aliphatic carbocycles. The molecule has 1 aromatic heterocycles. The van der Waals surface area contributed by atoms with Crippen molar-refractivity contribution < 1.29 is 4.79 Å². The summed E-state index contributed by atoms with van der Waals surface area (Å²) in [5, 5.41) is 10.2. The number of amides is 2. The zero-order valence-electron chi connectivity index (χ0n) is 14.5. The number of halogens is 1. The Morgan fingerprint density at radius 1 is 1.15 bits per heavy atom. The fraction of sp³-hybridized carbons (Fsp3) is 0.200. The van der Waals surface area contributed by atoms with Crippen LogP contribution in [0.5, 0.6) is 0 Å². The van der Waals surface area contributed by atoms with Gasteiger partial charge in [0.05, 0.1) is 12.6 Å². The molecule has 3 rings (SSSR count). The minimum Gasteiger partial charge on any atom is -0.334 e. The number of hydrogen-bond donors (Lipinski definition) is 2. The Kier molecular flexibility index (Phi) is 6.07. The lowest BCUT2D eigenvalue weighted by Gasteiger charge is -2.16. The van der Waals surface area contributed by atoms with E-state index in [4.69, 9.17) is 0 Å². The van der Waals surface area contributed by atoms with Crippen LogP contribution in [0.1, 0.15) is 29.7 Å². The smallest absolute Gasteiger partial charge is 0.315 e. The molecule has 1 atom stereocenters. The molecule has 0 fully saturated rings. The highest BCUT2D eigenvalue weighted by Crippen LogP contribution is 2.17. The van der Waals surface area contributed by atoms with E-state index in [1.54, 1.807) is 6.20 Å². The van der Waals surface area contributed by atoms with Crippen molar-refractivity contribution in [1.82, 2.24) is 20.4 Å². The van der Waals surface area contributed by atoms with E-state index in [0.717, 1.165) is 21.2 Å². The van der Waals surface area contributed by atoms with Crippen LogP contribution in [0.3, 0.4) is 0 Å². The normalized spacial score (nSPS) is 11.8. The lowest BCUT2D eigenvalue weighted by atomic mass is 10.1. The molecule has 6 heteroatoms. The van der Waals surface area contributed by atoms with E-state index in [1.165, 1.54) is 0 Å². The van der Waals surface area contributed by atoms with E-state index in [-0.39, 0.29) is 12.1 Å². The van der Waals surface area contributed by atoms with Crippen LogP contribution in [0.4, 0.5) is 4.79 Å². The van der Waals surface area contributed by atoms with Crippen LogP contribution in [0.2, 0.25) is 0 Å². The maximum absolute atomic E-state index is 12.3. The first-order chi connectivity index (χ1) is 12.6. The molecule has 0 radical (unpaired) electrons. The number of rotatable bonds is 6. The van der Waals surface area contributed by atoms with Crippen LogP contribution >= 0.6 is 15.9 Å². The minimum atomic E-state index is -0.189. The summed E-state index contributed by atoms with van der Waals surface area (Å²) in [6.45, 7) is 3.11. The molecule has 2 N–H and O–H groups in total. The number of urea groups is 1. The molecule has 26 heavy (non-hydrogen) atoms. The molecule has 5 nitrogen and oxygen atoms in total. The number of nitrogens with zero attached hydrogens (tertiary/aromatic N) is 2. The van der Waals surface area contributed by atoms with Gasteiger partial charge in [0.25, 0.3) is 0 Å². The quantitative estimate of drug-likeness (QED) is 0.635. The lowest BCUT2D eigenvalue weighted by Crippen LogP contribution is -2.36.